The minimum atomic E-state index is -0.426. The van der Waals surface area contributed by atoms with Crippen molar-refractivity contribution in [3.8, 4) is 0 Å². The monoisotopic (exact) mass is 291 g/mol. The summed E-state index contributed by atoms with van der Waals surface area (Å²) in [6.07, 6.45) is 0.357. The zero-order chi connectivity index (χ0) is 16.0. The second-order valence-electron chi connectivity index (χ2n) is 4.93. The summed E-state index contributed by atoms with van der Waals surface area (Å²) in [6.45, 7) is 3.35. The molecular weight excluding hydrogens is 270 g/mol. The minimum absolute atomic E-state index is 0.215. The number of nitrogens with two attached hydrogens (primary N) is 1. The van der Waals surface area contributed by atoms with Gasteiger partial charge in [-0.1, -0.05) is 19.1 Å². The summed E-state index contributed by atoms with van der Waals surface area (Å²) in [4.78, 5) is 34.6. The molecule has 6 heteroatoms. The second-order valence-corrected chi connectivity index (χ2v) is 4.93. The summed E-state index contributed by atoms with van der Waals surface area (Å²) in [7, 11) is 1.55. The second kappa shape index (κ2) is 7.54. The summed E-state index contributed by atoms with van der Waals surface area (Å²) in [5.41, 5.74) is 7.75. The van der Waals surface area contributed by atoms with E-state index in [0.29, 0.717) is 18.5 Å². The summed E-state index contributed by atoms with van der Waals surface area (Å²) in [6, 6.07) is 5.31. The lowest BCUT2D eigenvalue weighted by atomic mass is 9.94. The number of benzene rings is 1. The van der Waals surface area contributed by atoms with E-state index >= 15 is 0 Å². The Morgan fingerprint density at radius 1 is 1.29 bits per heavy atom. The highest BCUT2D eigenvalue weighted by molar-refractivity contribution is 5.97. The summed E-state index contributed by atoms with van der Waals surface area (Å²) in [5, 5.41) is 4.82. The summed E-state index contributed by atoms with van der Waals surface area (Å²) >= 11 is 0. The first-order valence-corrected chi connectivity index (χ1v) is 6.74. The molecule has 21 heavy (non-hydrogen) atoms. The third-order valence-corrected chi connectivity index (χ3v) is 3.15. The van der Waals surface area contributed by atoms with Gasteiger partial charge < -0.3 is 11.1 Å². The lowest BCUT2D eigenvalue weighted by molar-refractivity contribution is -0.131. The molecule has 6 nitrogen and oxygen atoms in total. The number of imide groups is 1. The SMILES string of the molecule is CNC(=O)c1ccc(CN)cc1CC(C)C(=O)NC(C)=O. The third-order valence-electron chi connectivity index (χ3n) is 3.15. The predicted molar refractivity (Wildman–Crippen MR) is 79.4 cm³/mol. The molecule has 0 fully saturated rings. The Hall–Kier alpha value is -2.21. The predicted octanol–water partition coefficient (Wildman–Crippen LogP) is 0.346. The van der Waals surface area contributed by atoms with E-state index in [2.05, 4.69) is 10.6 Å². The molecule has 114 valence electrons. The Kier molecular flexibility index (Phi) is 6.05. The fourth-order valence-corrected chi connectivity index (χ4v) is 2.02. The number of nitrogens with one attached hydrogen (secondary N) is 2. The minimum Gasteiger partial charge on any atom is -0.355 e. The van der Waals surface area contributed by atoms with Crippen molar-refractivity contribution in [1.29, 1.82) is 0 Å². The summed E-state index contributed by atoms with van der Waals surface area (Å²) < 4.78 is 0. The Bertz CT molecular complexity index is 555. The van der Waals surface area contributed by atoms with Crippen LogP contribution in [0.25, 0.3) is 0 Å². The number of carbonyl (C=O) groups is 3. The molecule has 0 spiro atoms. The maximum atomic E-state index is 11.9. The van der Waals surface area contributed by atoms with Gasteiger partial charge >= 0.3 is 0 Å². The van der Waals surface area contributed by atoms with Crippen LogP contribution < -0.4 is 16.4 Å². The van der Waals surface area contributed by atoms with Crippen LogP contribution in [0.2, 0.25) is 0 Å². The highest BCUT2D eigenvalue weighted by Gasteiger charge is 2.18. The van der Waals surface area contributed by atoms with E-state index in [9.17, 15) is 14.4 Å². The van der Waals surface area contributed by atoms with Gasteiger partial charge in [-0.3, -0.25) is 19.7 Å². The molecular formula is C15H21N3O3. The van der Waals surface area contributed by atoms with E-state index in [-0.39, 0.29) is 11.8 Å². The fourth-order valence-electron chi connectivity index (χ4n) is 2.02. The average molecular weight is 291 g/mol. The van der Waals surface area contributed by atoms with Crippen molar-refractivity contribution in [3.63, 3.8) is 0 Å². The van der Waals surface area contributed by atoms with Gasteiger partial charge in [-0.15, -0.1) is 0 Å². The molecule has 1 aromatic carbocycles. The van der Waals surface area contributed by atoms with Crippen molar-refractivity contribution >= 4 is 17.7 Å². The highest BCUT2D eigenvalue weighted by atomic mass is 16.2. The van der Waals surface area contributed by atoms with Crippen LogP contribution in [0.1, 0.15) is 35.3 Å². The van der Waals surface area contributed by atoms with Crippen LogP contribution in [0.3, 0.4) is 0 Å². The van der Waals surface area contributed by atoms with Crippen molar-refractivity contribution in [2.45, 2.75) is 26.8 Å². The Morgan fingerprint density at radius 2 is 1.95 bits per heavy atom. The first-order valence-electron chi connectivity index (χ1n) is 6.74. The lowest BCUT2D eigenvalue weighted by Crippen LogP contribution is -2.34. The Morgan fingerprint density at radius 3 is 2.48 bits per heavy atom. The number of carbonyl (C=O) groups excluding carboxylic acids is 3. The molecule has 0 bridgehead atoms. The number of amides is 3. The van der Waals surface area contributed by atoms with Crippen LogP contribution in [0.5, 0.6) is 0 Å². The lowest BCUT2D eigenvalue weighted by Gasteiger charge is -2.14. The van der Waals surface area contributed by atoms with Crippen LogP contribution in [-0.4, -0.2) is 24.8 Å². The molecule has 0 aliphatic heterocycles. The first-order chi connectivity index (χ1) is 9.88. The number of rotatable bonds is 5. The normalized spacial score (nSPS) is 11.6. The first kappa shape index (κ1) is 16.8. The van der Waals surface area contributed by atoms with E-state index < -0.39 is 11.8 Å². The van der Waals surface area contributed by atoms with Gasteiger partial charge in [0.25, 0.3) is 5.91 Å². The van der Waals surface area contributed by atoms with Crippen LogP contribution >= 0.6 is 0 Å². The van der Waals surface area contributed by atoms with Crippen LogP contribution in [0.15, 0.2) is 18.2 Å². The van der Waals surface area contributed by atoms with Crippen molar-refractivity contribution in [3.05, 3.63) is 34.9 Å². The molecule has 0 saturated carbocycles. The van der Waals surface area contributed by atoms with Gasteiger partial charge in [-0.25, -0.2) is 0 Å². The van der Waals surface area contributed by atoms with Gasteiger partial charge in [0.2, 0.25) is 11.8 Å². The van der Waals surface area contributed by atoms with Gasteiger partial charge in [0, 0.05) is 32.0 Å². The largest absolute Gasteiger partial charge is 0.355 e. The van der Waals surface area contributed by atoms with Crippen LogP contribution in [0, 0.1) is 5.92 Å². The molecule has 0 aliphatic carbocycles. The van der Waals surface area contributed by atoms with Crippen molar-refractivity contribution in [2.24, 2.45) is 11.7 Å². The molecule has 0 saturated heterocycles. The third kappa shape index (κ3) is 4.68. The smallest absolute Gasteiger partial charge is 0.251 e. The van der Waals surface area contributed by atoms with Crippen LogP contribution in [-0.2, 0) is 22.6 Å². The van der Waals surface area contributed by atoms with Gasteiger partial charge in [-0.05, 0) is 23.6 Å². The van der Waals surface area contributed by atoms with Gasteiger partial charge in [0.1, 0.15) is 0 Å². The number of hydrogen-bond donors (Lipinski definition) is 3. The number of hydrogen-bond acceptors (Lipinski definition) is 4. The quantitative estimate of drug-likeness (QED) is 0.728. The molecule has 4 N–H and O–H groups in total. The van der Waals surface area contributed by atoms with E-state index in [4.69, 9.17) is 5.73 Å². The molecule has 0 aliphatic rings. The maximum absolute atomic E-state index is 11.9. The summed E-state index contributed by atoms with van der Waals surface area (Å²) in [5.74, 6) is -1.39. The molecule has 1 atom stereocenters. The molecule has 1 rings (SSSR count). The zero-order valence-corrected chi connectivity index (χ0v) is 12.5. The molecule has 0 radical (unpaired) electrons. The van der Waals surface area contributed by atoms with Gasteiger partial charge in [0.15, 0.2) is 0 Å². The van der Waals surface area contributed by atoms with E-state index in [0.717, 1.165) is 11.1 Å². The van der Waals surface area contributed by atoms with E-state index in [1.165, 1.54) is 6.92 Å². The Labute approximate surface area is 124 Å². The molecule has 3 amide bonds. The van der Waals surface area contributed by atoms with E-state index in [1.54, 1.807) is 26.1 Å². The molecule has 0 aromatic heterocycles. The maximum Gasteiger partial charge on any atom is 0.251 e. The average Bonchev–Trinajstić information content (AvgIpc) is 2.45. The fraction of sp³-hybridized carbons (Fsp3) is 0.400. The molecule has 1 aromatic rings. The van der Waals surface area contributed by atoms with Gasteiger partial charge in [-0.2, -0.15) is 0 Å². The van der Waals surface area contributed by atoms with E-state index in [1.807, 2.05) is 6.07 Å². The Balaban J connectivity index is 3.01. The molecule has 1 unspecified atom stereocenters. The van der Waals surface area contributed by atoms with Crippen molar-refractivity contribution in [1.82, 2.24) is 10.6 Å². The highest BCUT2D eigenvalue weighted by Crippen LogP contribution is 2.17. The molecule has 0 heterocycles. The van der Waals surface area contributed by atoms with Crippen molar-refractivity contribution in [2.75, 3.05) is 7.05 Å². The van der Waals surface area contributed by atoms with Gasteiger partial charge in [0.05, 0.1) is 0 Å². The topological polar surface area (TPSA) is 101 Å². The van der Waals surface area contributed by atoms with Crippen LogP contribution in [0.4, 0.5) is 0 Å². The standard InChI is InChI=1S/C15H21N3O3/c1-9(14(20)18-10(2)19)6-12-7-11(8-16)4-5-13(12)15(21)17-3/h4-5,7,9H,6,8,16H2,1-3H3,(H,17,21)(H,18,19,20). The zero-order valence-electron chi connectivity index (χ0n) is 12.5. The van der Waals surface area contributed by atoms with Crippen molar-refractivity contribution < 1.29 is 14.4 Å².